The van der Waals surface area contributed by atoms with Gasteiger partial charge < -0.3 is 9.47 Å². The lowest BCUT2D eigenvalue weighted by Crippen LogP contribution is -2.30. The van der Waals surface area contributed by atoms with E-state index in [2.05, 4.69) is 18.7 Å². The predicted octanol–water partition coefficient (Wildman–Crippen LogP) is 4.27. The zero-order valence-electron chi connectivity index (χ0n) is 19.3. The first-order valence-corrected chi connectivity index (χ1v) is 13.1. The Kier molecular flexibility index (Phi) is 7.72. The maximum Gasteiger partial charge on any atom is 0.316 e. The number of hydrogen-bond donors (Lipinski definition) is 0. The number of likely N-dealkylation sites (N-methyl/N-ethyl adjacent to an activating group) is 1. The summed E-state index contributed by atoms with van der Waals surface area (Å²) >= 11 is 2.82. The molecule has 0 N–H and O–H groups in total. The summed E-state index contributed by atoms with van der Waals surface area (Å²) in [5, 5.41) is 1.18. The molecular formula is C24H29N3O4S2. The van der Waals surface area contributed by atoms with Crippen LogP contribution in [0.1, 0.15) is 37.1 Å². The quantitative estimate of drug-likeness (QED) is 0.193. The molecule has 1 aromatic carbocycles. The van der Waals surface area contributed by atoms with Gasteiger partial charge in [0.05, 0.1) is 30.5 Å². The first kappa shape index (κ1) is 23.8. The van der Waals surface area contributed by atoms with Crippen LogP contribution in [0.5, 0.6) is 5.75 Å². The monoisotopic (exact) mass is 487 g/mol. The van der Waals surface area contributed by atoms with E-state index < -0.39 is 0 Å². The number of rotatable bonds is 9. The number of unbranched alkanes of at least 4 members (excludes halogenated alkanes) is 1. The number of esters is 1. The van der Waals surface area contributed by atoms with Gasteiger partial charge in [-0.1, -0.05) is 38.1 Å². The molecule has 3 heterocycles. The van der Waals surface area contributed by atoms with Crippen LogP contribution in [0.4, 0.5) is 0 Å². The molecule has 0 bridgehead atoms. The Labute approximate surface area is 201 Å². The van der Waals surface area contributed by atoms with Gasteiger partial charge >= 0.3 is 5.97 Å². The fraction of sp³-hybridized carbons (Fsp3) is 0.458. The van der Waals surface area contributed by atoms with Gasteiger partial charge in [0, 0.05) is 24.0 Å². The summed E-state index contributed by atoms with van der Waals surface area (Å²) in [4.78, 5) is 35.3. The Morgan fingerprint density at radius 2 is 2.15 bits per heavy atom. The minimum atomic E-state index is -0.302. The lowest BCUT2D eigenvalue weighted by molar-refractivity contribution is -0.140. The van der Waals surface area contributed by atoms with Gasteiger partial charge in [-0.25, -0.2) is 4.98 Å². The Balaban J connectivity index is 1.77. The number of nitrogens with zero attached hydrogens (tertiary/aromatic N) is 3. The fourth-order valence-corrected chi connectivity index (χ4v) is 6.03. The number of methoxy groups -OCH3 is 1. The smallest absolute Gasteiger partial charge is 0.316 e. The summed E-state index contributed by atoms with van der Waals surface area (Å²) in [7, 11) is 1.60. The largest absolute Gasteiger partial charge is 0.497 e. The van der Waals surface area contributed by atoms with Crippen LogP contribution in [0, 0.1) is 0 Å². The van der Waals surface area contributed by atoms with E-state index in [4.69, 9.17) is 14.5 Å². The van der Waals surface area contributed by atoms with E-state index in [-0.39, 0.29) is 17.3 Å². The topological polar surface area (TPSA) is 73.7 Å². The van der Waals surface area contributed by atoms with E-state index in [1.807, 2.05) is 24.3 Å². The van der Waals surface area contributed by atoms with Gasteiger partial charge in [0.1, 0.15) is 10.6 Å². The highest BCUT2D eigenvalue weighted by atomic mass is 32.2. The van der Waals surface area contributed by atoms with Gasteiger partial charge in [0.2, 0.25) is 0 Å². The number of hydrogen-bond acceptors (Lipinski definition) is 8. The van der Waals surface area contributed by atoms with Gasteiger partial charge in [-0.2, -0.15) is 0 Å². The maximum absolute atomic E-state index is 13.8. The molecule has 0 saturated carbocycles. The predicted molar refractivity (Wildman–Crippen MR) is 133 cm³/mol. The third-order valence-electron chi connectivity index (χ3n) is 5.76. The van der Waals surface area contributed by atoms with Gasteiger partial charge in [-0.05, 0) is 37.1 Å². The molecule has 176 valence electrons. The Morgan fingerprint density at radius 1 is 1.30 bits per heavy atom. The molecule has 0 fully saturated rings. The van der Waals surface area contributed by atoms with Gasteiger partial charge in [-0.15, -0.1) is 11.3 Å². The Morgan fingerprint density at radius 3 is 2.91 bits per heavy atom. The van der Waals surface area contributed by atoms with E-state index >= 15 is 0 Å². The number of carbonyl (C=O) groups excluding carboxylic acids is 1. The van der Waals surface area contributed by atoms with Gasteiger partial charge in [-0.3, -0.25) is 19.1 Å². The number of benzene rings is 1. The molecule has 1 aliphatic heterocycles. The minimum Gasteiger partial charge on any atom is -0.497 e. The SMILES string of the molecule is CCCCOC(=O)CSc1nc2sc3c(c2c(=O)n1-c1cccc(OC)c1)CCN(CC)C3. The van der Waals surface area contributed by atoms with Crippen LogP contribution in [-0.2, 0) is 22.5 Å². The van der Waals surface area contributed by atoms with Crippen molar-refractivity contribution in [3.63, 3.8) is 0 Å². The van der Waals surface area contributed by atoms with E-state index in [1.165, 1.54) is 16.6 Å². The van der Waals surface area contributed by atoms with Crippen LogP contribution >= 0.6 is 23.1 Å². The van der Waals surface area contributed by atoms with Crippen LogP contribution in [0.15, 0.2) is 34.2 Å². The molecule has 0 saturated heterocycles. The number of carbonyl (C=O) groups is 1. The second-order valence-electron chi connectivity index (χ2n) is 7.90. The van der Waals surface area contributed by atoms with E-state index in [0.717, 1.165) is 49.3 Å². The van der Waals surface area contributed by atoms with E-state index in [0.29, 0.717) is 28.6 Å². The molecule has 0 unspecified atom stereocenters. The average molecular weight is 488 g/mol. The van der Waals surface area contributed by atoms with Crippen molar-refractivity contribution < 1.29 is 14.3 Å². The van der Waals surface area contributed by atoms with Crippen molar-refractivity contribution in [3.05, 3.63) is 45.1 Å². The van der Waals surface area contributed by atoms with Crippen molar-refractivity contribution in [1.29, 1.82) is 0 Å². The highest BCUT2D eigenvalue weighted by Gasteiger charge is 2.25. The molecule has 9 heteroatoms. The number of fused-ring (bicyclic) bond motifs is 3. The molecule has 1 aliphatic rings. The summed E-state index contributed by atoms with van der Waals surface area (Å²) in [6, 6.07) is 7.36. The standard InChI is InChI=1S/C24H29N3O4S2/c1-4-6-12-31-20(28)15-32-24-25-22-21(18-10-11-26(5-2)14-19(18)33-22)23(29)27(24)16-8-7-9-17(13-16)30-3/h7-9,13H,4-6,10-12,14-15H2,1-3H3. The second-order valence-corrected chi connectivity index (χ2v) is 9.93. The molecule has 33 heavy (non-hydrogen) atoms. The summed E-state index contributed by atoms with van der Waals surface area (Å²) in [6.45, 7) is 7.38. The first-order chi connectivity index (χ1) is 16.0. The van der Waals surface area contributed by atoms with Crippen LogP contribution in [0.3, 0.4) is 0 Å². The van der Waals surface area contributed by atoms with Crippen molar-refractivity contribution in [1.82, 2.24) is 14.5 Å². The molecular weight excluding hydrogens is 458 g/mol. The van der Waals surface area contributed by atoms with Crippen molar-refractivity contribution in [3.8, 4) is 11.4 Å². The molecule has 7 nitrogen and oxygen atoms in total. The third kappa shape index (κ3) is 5.10. The van der Waals surface area contributed by atoms with Crippen LogP contribution < -0.4 is 10.3 Å². The van der Waals surface area contributed by atoms with E-state index in [9.17, 15) is 9.59 Å². The average Bonchev–Trinajstić information content (AvgIpc) is 3.20. The van der Waals surface area contributed by atoms with Crippen LogP contribution in [0.25, 0.3) is 15.9 Å². The number of thioether (sulfide) groups is 1. The van der Waals surface area contributed by atoms with Crippen molar-refractivity contribution in [2.75, 3.05) is 32.6 Å². The van der Waals surface area contributed by atoms with Crippen molar-refractivity contribution in [2.24, 2.45) is 0 Å². The van der Waals surface area contributed by atoms with Crippen LogP contribution in [-0.4, -0.2) is 53.0 Å². The highest BCUT2D eigenvalue weighted by Crippen LogP contribution is 2.34. The van der Waals surface area contributed by atoms with Gasteiger partial charge in [0.25, 0.3) is 5.56 Å². The number of aromatic nitrogens is 2. The molecule has 0 spiro atoms. The second kappa shape index (κ2) is 10.7. The molecule has 4 rings (SSSR count). The highest BCUT2D eigenvalue weighted by molar-refractivity contribution is 7.99. The fourth-order valence-electron chi connectivity index (χ4n) is 3.92. The molecule has 0 aliphatic carbocycles. The lowest BCUT2D eigenvalue weighted by Gasteiger charge is -2.25. The van der Waals surface area contributed by atoms with Crippen LogP contribution in [0.2, 0.25) is 0 Å². The zero-order valence-corrected chi connectivity index (χ0v) is 20.9. The molecule has 0 radical (unpaired) electrons. The number of thiophene rings is 1. The minimum absolute atomic E-state index is 0.0976. The Hall–Kier alpha value is -2.36. The molecule has 2 aromatic heterocycles. The normalized spacial score (nSPS) is 13.8. The molecule has 0 amide bonds. The summed E-state index contributed by atoms with van der Waals surface area (Å²) < 4.78 is 12.3. The first-order valence-electron chi connectivity index (χ1n) is 11.3. The summed E-state index contributed by atoms with van der Waals surface area (Å²) in [5.41, 5.74) is 1.68. The number of ether oxygens (including phenoxy) is 2. The maximum atomic E-state index is 13.8. The third-order valence-corrected chi connectivity index (χ3v) is 7.78. The summed E-state index contributed by atoms with van der Waals surface area (Å²) in [6.07, 6.45) is 2.64. The van der Waals surface area contributed by atoms with E-state index in [1.54, 1.807) is 23.0 Å². The summed E-state index contributed by atoms with van der Waals surface area (Å²) in [5.74, 6) is 0.449. The Bertz CT molecular complexity index is 1200. The van der Waals surface area contributed by atoms with Crippen molar-refractivity contribution in [2.45, 2.75) is 44.8 Å². The molecule has 3 aromatic rings. The molecule has 0 atom stereocenters. The lowest BCUT2D eigenvalue weighted by atomic mass is 10.1. The van der Waals surface area contributed by atoms with Gasteiger partial charge in [0.15, 0.2) is 5.16 Å². The van der Waals surface area contributed by atoms with Crippen molar-refractivity contribution >= 4 is 39.3 Å². The zero-order chi connectivity index (χ0) is 23.4.